The average molecular weight is 353 g/mol. The molecule has 0 N–H and O–H groups in total. The van der Waals surface area contributed by atoms with Gasteiger partial charge in [0.2, 0.25) is 5.78 Å². The SMILES string of the molecule is C=CCn1c(=O)c2c(nc3n(-c4ccccc4F)c(C)cn23)n(C)c1=O. The molecule has 0 bridgehead atoms. The van der Waals surface area contributed by atoms with E-state index in [9.17, 15) is 14.0 Å². The summed E-state index contributed by atoms with van der Waals surface area (Å²) < 4.78 is 19.9. The molecular weight excluding hydrogens is 337 g/mol. The van der Waals surface area contributed by atoms with E-state index in [2.05, 4.69) is 11.6 Å². The first-order valence-electron chi connectivity index (χ1n) is 8.01. The Morgan fingerprint density at radius 1 is 1.27 bits per heavy atom. The van der Waals surface area contributed by atoms with Crippen LogP contribution in [0.1, 0.15) is 5.69 Å². The van der Waals surface area contributed by atoms with Crippen LogP contribution in [0.3, 0.4) is 0 Å². The Morgan fingerprint density at radius 3 is 2.69 bits per heavy atom. The molecular formula is C18H16FN5O2. The third kappa shape index (κ3) is 2.01. The summed E-state index contributed by atoms with van der Waals surface area (Å²) in [6.45, 7) is 5.49. The van der Waals surface area contributed by atoms with Gasteiger partial charge in [0.1, 0.15) is 5.82 Å². The molecule has 4 aromatic rings. The van der Waals surface area contributed by atoms with Crippen LogP contribution in [0.5, 0.6) is 0 Å². The number of halogens is 1. The molecule has 7 nitrogen and oxygen atoms in total. The summed E-state index contributed by atoms with van der Waals surface area (Å²) in [6.07, 6.45) is 3.20. The van der Waals surface area contributed by atoms with Crippen LogP contribution in [0.15, 0.2) is 52.7 Å². The van der Waals surface area contributed by atoms with Gasteiger partial charge in [-0.15, -0.1) is 6.58 Å². The van der Waals surface area contributed by atoms with Gasteiger partial charge < -0.3 is 0 Å². The third-order valence-corrected chi connectivity index (χ3v) is 4.43. The summed E-state index contributed by atoms with van der Waals surface area (Å²) in [4.78, 5) is 29.7. The van der Waals surface area contributed by atoms with Crippen molar-refractivity contribution in [1.29, 1.82) is 0 Å². The summed E-state index contributed by atoms with van der Waals surface area (Å²) in [5, 5.41) is 0. The Bertz CT molecular complexity index is 1310. The highest BCUT2D eigenvalue weighted by atomic mass is 19.1. The second-order valence-electron chi connectivity index (χ2n) is 6.06. The van der Waals surface area contributed by atoms with Crippen molar-refractivity contribution in [2.75, 3.05) is 0 Å². The van der Waals surface area contributed by atoms with Crippen LogP contribution in [0.25, 0.3) is 22.6 Å². The number of allylic oxidation sites excluding steroid dienone is 1. The van der Waals surface area contributed by atoms with Gasteiger partial charge in [0, 0.05) is 25.5 Å². The maximum Gasteiger partial charge on any atom is 0.332 e. The van der Waals surface area contributed by atoms with Crippen LogP contribution in [0.2, 0.25) is 0 Å². The minimum Gasteiger partial charge on any atom is -0.280 e. The van der Waals surface area contributed by atoms with E-state index in [1.54, 1.807) is 47.3 Å². The Hall–Kier alpha value is -3.42. The number of para-hydroxylation sites is 1. The van der Waals surface area contributed by atoms with Crippen molar-refractivity contribution < 1.29 is 4.39 Å². The number of fused-ring (bicyclic) bond motifs is 3. The van der Waals surface area contributed by atoms with E-state index in [1.165, 1.54) is 16.7 Å². The maximum absolute atomic E-state index is 14.3. The average Bonchev–Trinajstić information content (AvgIpc) is 3.12. The Labute approximate surface area is 146 Å². The van der Waals surface area contributed by atoms with E-state index in [4.69, 9.17) is 0 Å². The van der Waals surface area contributed by atoms with E-state index in [0.717, 1.165) is 4.57 Å². The molecule has 0 saturated heterocycles. The van der Waals surface area contributed by atoms with Crippen molar-refractivity contribution >= 4 is 16.9 Å². The summed E-state index contributed by atoms with van der Waals surface area (Å²) in [6, 6.07) is 6.33. The van der Waals surface area contributed by atoms with Crippen LogP contribution in [0, 0.1) is 12.7 Å². The number of benzene rings is 1. The lowest BCUT2D eigenvalue weighted by Crippen LogP contribution is -2.39. The largest absolute Gasteiger partial charge is 0.332 e. The topological polar surface area (TPSA) is 66.2 Å². The van der Waals surface area contributed by atoms with E-state index in [-0.39, 0.29) is 17.7 Å². The number of nitrogens with zero attached hydrogens (tertiary/aromatic N) is 5. The van der Waals surface area contributed by atoms with Gasteiger partial charge in [-0.05, 0) is 19.1 Å². The molecule has 0 spiro atoms. The van der Waals surface area contributed by atoms with Gasteiger partial charge in [0.15, 0.2) is 11.2 Å². The second-order valence-corrected chi connectivity index (χ2v) is 6.06. The molecule has 8 heteroatoms. The summed E-state index contributed by atoms with van der Waals surface area (Å²) >= 11 is 0. The fraction of sp³-hybridized carbons (Fsp3) is 0.167. The lowest BCUT2D eigenvalue weighted by atomic mass is 10.3. The maximum atomic E-state index is 14.3. The highest BCUT2D eigenvalue weighted by molar-refractivity contribution is 5.76. The zero-order valence-electron chi connectivity index (χ0n) is 14.3. The molecule has 0 saturated carbocycles. The van der Waals surface area contributed by atoms with Crippen LogP contribution in [-0.2, 0) is 13.6 Å². The fourth-order valence-electron chi connectivity index (χ4n) is 3.23. The van der Waals surface area contributed by atoms with Crippen molar-refractivity contribution in [2.24, 2.45) is 7.05 Å². The molecule has 0 atom stereocenters. The van der Waals surface area contributed by atoms with E-state index < -0.39 is 17.1 Å². The molecule has 0 aliphatic heterocycles. The van der Waals surface area contributed by atoms with Crippen molar-refractivity contribution in [2.45, 2.75) is 13.5 Å². The molecule has 0 aliphatic rings. The van der Waals surface area contributed by atoms with E-state index in [0.29, 0.717) is 17.2 Å². The molecule has 132 valence electrons. The monoisotopic (exact) mass is 353 g/mol. The minimum absolute atomic E-state index is 0.0989. The van der Waals surface area contributed by atoms with Crippen molar-refractivity contribution in [3.8, 4) is 5.69 Å². The molecule has 0 aliphatic carbocycles. The van der Waals surface area contributed by atoms with Crippen LogP contribution in [-0.4, -0.2) is 23.1 Å². The van der Waals surface area contributed by atoms with Gasteiger partial charge in [-0.1, -0.05) is 18.2 Å². The van der Waals surface area contributed by atoms with E-state index in [1.807, 2.05) is 0 Å². The first-order chi connectivity index (χ1) is 12.5. The quantitative estimate of drug-likeness (QED) is 0.527. The summed E-state index contributed by atoms with van der Waals surface area (Å²) in [7, 11) is 1.55. The molecule has 0 radical (unpaired) electrons. The Kier molecular flexibility index (Phi) is 3.43. The predicted molar refractivity (Wildman–Crippen MR) is 96.4 cm³/mol. The standard InChI is InChI=1S/C18H16FN5O2/c1-4-9-22-16(25)14-15(21(3)18(22)26)20-17-23(14)10-11(2)24(17)13-8-6-5-7-12(13)19/h4-8,10H,1,9H2,2-3H3. The lowest BCUT2D eigenvalue weighted by Gasteiger charge is -2.06. The van der Waals surface area contributed by atoms with Crippen LogP contribution < -0.4 is 11.2 Å². The zero-order chi connectivity index (χ0) is 18.6. The third-order valence-electron chi connectivity index (χ3n) is 4.43. The Morgan fingerprint density at radius 2 is 2.00 bits per heavy atom. The molecule has 4 rings (SSSR count). The van der Waals surface area contributed by atoms with Gasteiger partial charge in [-0.25, -0.2) is 9.18 Å². The second kappa shape index (κ2) is 5.55. The highest BCUT2D eigenvalue weighted by Crippen LogP contribution is 2.22. The van der Waals surface area contributed by atoms with Gasteiger partial charge in [0.25, 0.3) is 5.56 Å². The molecule has 0 fully saturated rings. The van der Waals surface area contributed by atoms with Crippen LogP contribution >= 0.6 is 0 Å². The summed E-state index contributed by atoms with van der Waals surface area (Å²) in [5.41, 5.74) is 0.621. The van der Waals surface area contributed by atoms with Gasteiger partial charge in [0.05, 0.1) is 5.69 Å². The fourth-order valence-corrected chi connectivity index (χ4v) is 3.23. The van der Waals surface area contributed by atoms with Crippen LogP contribution in [0.4, 0.5) is 4.39 Å². The number of hydrogen-bond donors (Lipinski definition) is 0. The molecule has 0 amide bonds. The highest BCUT2D eigenvalue weighted by Gasteiger charge is 2.21. The number of hydrogen-bond acceptors (Lipinski definition) is 3. The zero-order valence-corrected chi connectivity index (χ0v) is 14.3. The smallest absolute Gasteiger partial charge is 0.280 e. The van der Waals surface area contributed by atoms with Gasteiger partial charge in [-0.3, -0.25) is 22.9 Å². The van der Waals surface area contributed by atoms with Crippen molar-refractivity contribution in [3.63, 3.8) is 0 Å². The molecule has 26 heavy (non-hydrogen) atoms. The molecule has 3 heterocycles. The summed E-state index contributed by atoms with van der Waals surface area (Å²) in [5.74, 6) is -0.0373. The molecule has 3 aromatic heterocycles. The first-order valence-corrected chi connectivity index (χ1v) is 8.01. The number of aryl methyl sites for hydroxylation is 2. The number of rotatable bonds is 3. The first kappa shape index (κ1) is 16.1. The van der Waals surface area contributed by atoms with Gasteiger partial charge >= 0.3 is 5.69 Å². The minimum atomic E-state index is -0.475. The Balaban J connectivity index is 2.19. The van der Waals surface area contributed by atoms with Crippen molar-refractivity contribution in [3.05, 3.63) is 75.5 Å². The predicted octanol–water partition coefficient (Wildman–Crippen LogP) is 1.77. The lowest BCUT2D eigenvalue weighted by molar-refractivity contribution is 0.618. The number of aromatic nitrogens is 5. The van der Waals surface area contributed by atoms with Crippen molar-refractivity contribution in [1.82, 2.24) is 23.1 Å². The molecule has 1 aromatic carbocycles. The van der Waals surface area contributed by atoms with Gasteiger partial charge in [-0.2, -0.15) is 4.98 Å². The molecule has 0 unspecified atom stereocenters. The normalized spacial score (nSPS) is 11.5. The number of imidazole rings is 2. The van der Waals surface area contributed by atoms with E-state index >= 15 is 0 Å².